The van der Waals surface area contributed by atoms with Crippen molar-refractivity contribution in [1.29, 1.82) is 0 Å². The fourth-order valence-electron chi connectivity index (χ4n) is 3.68. The van der Waals surface area contributed by atoms with Gasteiger partial charge >= 0.3 is 5.69 Å². The van der Waals surface area contributed by atoms with E-state index in [9.17, 15) is 9.18 Å². The summed E-state index contributed by atoms with van der Waals surface area (Å²) in [5.41, 5.74) is 3.84. The molecule has 5 rings (SSSR count). The largest absolute Gasteiger partial charge is 0.492 e. The van der Waals surface area contributed by atoms with Crippen LogP contribution in [0.3, 0.4) is 0 Å². The van der Waals surface area contributed by atoms with Crippen LogP contribution in [0.5, 0.6) is 5.75 Å². The molecule has 0 radical (unpaired) electrons. The molecular formula is C25H18ClFN4O2. The van der Waals surface area contributed by atoms with Gasteiger partial charge in [-0.25, -0.2) is 18.3 Å². The van der Waals surface area contributed by atoms with E-state index >= 15 is 0 Å². The quantitative estimate of drug-likeness (QED) is 0.354. The van der Waals surface area contributed by atoms with Crippen LogP contribution in [0.15, 0.2) is 90.1 Å². The zero-order valence-corrected chi connectivity index (χ0v) is 18.1. The summed E-state index contributed by atoms with van der Waals surface area (Å²) in [4.78, 5) is 17.1. The Balaban J connectivity index is 1.55. The highest BCUT2D eigenvalue weighted by molar-refractivity contribution is 6.30. The van der Waals surface area contributed by atoms with E-state index in [0.717, 1.165) is 22.3 Å². The Kier molecular flexibility index (Phi) is 5.62. The van der Waals surface area contributed by atoms with E-state index in [0.29, 0.717) is 16.4 Å². The highest BCUT2D eigenvalue weighted by Gasteiger charge is 2.17. The average molecular weight is 461 g/mol. The Morgan fingerprint density at radius 3 is 2.36 bits per heavy atom. The smallest absolute Gasteiger partial charge is 0.350 e. The fourth-order valence-corrected chi connectivity index (χ4v) is 3.80. The van der Waals surface area contributed by atoms with Gasteiger partial charge in [-0.3, -0.25) is 4.98 Å². The lowest BCUT2D eigenvalue weighted by Crippen LogP contribution is -2.23. The Hall–Kier alpha value is -3.97. The minimum Gasteiger partial charge on any atom is -0.492 e. The minimum absolute atomic E-state index is 0.212. The number of nitrogens with zero attached hydrogens (tertiary/aromatic N) is 4. The highest BCUT2D eigenvalue weighted by Crippen LogP contribution is 2.34. The fraction of sp³-hybridized carbons (Fsp3) is 0.0800. The Morgan fingerprint density at radius 2 is 1.64 bits per heavy atom. The number of halogens is 2. The molecule has 8 heteroatoms. The SMILES string of the molecule is O=c1n(CCOc2ccc(F)cc2)nc2c(-c3ccncc3)c(-c3ccc(Cl)cc3)ccn12. The molecule has 0 atom stereocenters. The summed E-state index contributed by atoms with van der Waals surface area (Å²) in [5, 5.41) is 5.26. The van der Waals surface area contributed by atoms with Crippen LogP contribution >= 0.6 is 11.6 Å². The van der Waals surface area contributed by atoms with Crippen molar-refractivity contribution in [1.82, 2.24) is 19.2 Å². The van der Waals surface area contributed by atoms with Crippen LogP contribution < -0.4 is 10.4 Å². The van der Waals surface area contributed by atoms with Gasteiger partial charge in [0.1, 0.15) is 18.2 Å². The zero-order chi connectivity index (χ0) is 22.8. The summed E-state index contributed by atoms with van der Waals surface area (Å²) in [6.07, 6.45) is 5.13. The Labute approximate surface area is 193 Å². The average Bonchev–Trinajstić information content (AvgIpc) is 3.16. The molecule has 0 bridgehead atoms. The number of hydrogen-bond acceptors (Lipinski definition) is 4. The van der Waals surface area contributed by atoms with Crippen molar-refractivity contribution in [3.63, 3.8) is 0 Å². The van der Waals surface area contributed by atoms with Crippen molar-refractivity contribution in [2.24, 2.45) is 0 Å². The maximum Gasteiger partial charge on any atom is 0.350 e. The lowest BCUT2D eigenvalue weighted by molar-refractivity contribution is 0.288. The predicted octanol–water partition coefficient (Wildman–Crippen LogP) is 5.10. The third kappa shape index (κ3) is 4.23. The maximum atomic E-state index is 13.1. The van der Waals surface area contributed by atoms with Crippen molar-refractivity contribution < 1.29 is 9.13 Å². The van der Waals surface area contributed by atoms with Crippen LogP contribution in [0.2, 0.25) is 5.02 Å². The number of ether oxygens (including phenoxy) is 1. The van der Waals surface area contributed by atoms with Gasteiger partial charge in [-0.2, -0.15) is 0 Å². The molecule has 0 spiro atoms. The first-order valence-corrected chi connectivity index (χ1v) is 10.6. The lowest BCUT2D eigenvalue weighted by atomic mass is 9.96. The molecule has 0 N–H and O–H groups in total. The third-order valence-corrected chi connectivity index (χ3v) is 5.52. The molecule has 0 saturated carbocycles. The van der Waals surface area contributed by atoms with Crippen LogP contribution in [0.25, 0.3) is 27.9 Å². The molecule has 0 unspecified atom stereocenters. The standard InChI is InChI=1S/C25H18ClFN4O2/c26-19-3-1-17(2-4-19)22-11-14-30-24(23(22)18-9-12-28-13-10-18)29-31(25(30)32)15-16-33-21-7-5-20(27)6-8-21/h1-14H,15-16H2. The summed E-state index contributed by atoms with van der Waals surface area (Å²) < 4.78 is 21.6. The maximum absolute atomic E-state index is 13.1. The van der Waals surface area contributed by atoms with Crippen LogP contribution in [0, 0.1) is 5.82 Å². The number of fused-ring (bicyclic) bond motifs is 1. The highest BCUT2D eigenvalue weighted by atomic mass is 35.5. The molecule has 3 aromatic heterocycles. The molecule has 6 nitrogen and oxygen atoms in total. The molecule has 0 aliphatic heterocycles. The topological polar surface area (TPSA) is 61.4 Å². The van der Waals surface area contributed by atoms with Crippen molar-refractivity contribution in [2.45, 2.75) is 6.54 Å². The predicted molar refractivity (Wildman–Crippen MR) is 125 cm³/mol. The van der Waals surface area contributed by atoms with E-state index in [1.165, 1.54) is 21.2 Å². The number of pyridine rings is 2. The van der Waals surface area contributed by atoms with E-state index in [2.05, 4.69) is 10.1 Å². The van der Waals surface area contributed by atoms with Crippen LogP contribution in [-0.2, 0) is 6.54 Å². The van der Waals surface area contributed by atoms with Crippen molar-refractivity contribution in [3.8, 4) is 28.0 Å². The molecule has 0 aliphatic carbocycles. The Morgan fingerprint density at radius 1 is 0.909 bits per heavy atom. The van der Waals surface area contributed by atoms with Gasteiger partial charge < -0.3 is 4.74 Å². The van der Waals surface area contributed by atoms with Crippen molar-refractivity contribution >= 4 is 17.2 Å². The molecule has 2 aromatic carbocycles. The number of hydrogen-bond donors (Lipinski definition) is 0. The molecule has 3 heterocycles. The van der Waals surface area contributed by atoms with Gasteiger partial charge in [0.2, 0.25) is 0 Å². The van der Waals surface area contributed by atoms with Crippen LogP contribution in [-0.4, -0.2) is 25.8 Å². The van der Waals surface area contributed by atoms with E-state index in [-0.39, 0.29) is 24.7 Å². The van der Waals surface area contributed by atoms with Gasteiger partial charge in [-0.15, -0.1) is 5.10 Å². The summed E-state index contributed by atoms with van der Waals surface area (Å²) in [6.45, 7) is 0.452. The van der Waals surface area contributed by atoms with Gasteiger partial charge in [0.05, 0.1) is 6.54 Å². The second-order valence-corrected chi connectivity index (χ2v) is 7.79. The van der Waals surface area contributed by atoms with Gasteiger partial charge in [-0.1, -0.05) is 23.7 Å². The van der Waals surface area contributed by atoms with Gasteiger partial charge in [-0.05, 0) is 71.3 Å². The van der Waals surface area contributed by atoms with Crippen LogP contribution in [0.1, 0.15) is 0 Å². The minimum atomic E-state index is -0.334. The van der Waals surface area contributed by atoms with Crippen molar-refractivity contribution in [2.75, 3.05) is 6.61 Å². The second-order valence-electron chi connectivity index (χ2n) is 7.35. The zero-order valence-electron chi connectivity index (χ0n) is 17.4. The summed E-state index contributed by atoms with van der Waals surface area (Å²) in [5.74, 6) is 0.190. The third-order valence-electron chi connectivity index (χ3n) is 5.26. The lowest BCUT2D eigenvalue weighted by Gasteiger charge is -2.11. The molecule has 0 amide bonds. The first kappa shape index (κ1) is 20.9. The van der Waals surface area contributed by atoms with Gasteiger partial charge in [0, 0.05) is 29.2 Å². The van der Waals surface area contributed by atoms with Gasteiger partial charge in [0.15, 0.2) is 5.65 Å². The molecule has 5 aromatic rings. The van der Waals surface area contributed by atoms with Crippen molar-refractivity contribution in [3.05, 3.63) is 107 Å². The molecule has 0 aliphatic rings. The first-order chi connectivity index (χ1) is 16.1. The monoisotopic (exact) mass is 460 g/mol. The molecule has 0 fully saturated rings. The summed E-state index contributed by atoms with van der Waals surface area (Å²) in [6, 6.07) is 18.9. The van der Waals surface area contributed by atoms with E-state index in [1.807, 2.05) is 42.5 Å². The molecular weight excluding hydrogens is 443 g/mol. The first-order valence-electron chi connectivity index (χ1n) is 10.3. The van der Waals surface area contributed by atoms with Gasteiger partial charge in [0.25, 0.3) is 0 Å². The summed E-state index contributed by atoms with van der Waals surface area (Å²) in [7, 11) is 0. The van der Waals surface area contributed by atoms with Crippen LogP contribution in [0.4, 0.5) is 4.39 Å². The van der Waals surface area contributed by atoms with E-state index in [4.69, 9.17) is 16.3 Å². The summed E-state index contributed by atoms with van der Waals surface area (Å²) >= 11 is 6.08. The van der Waals surface area contributed by atoms with E-state index in [1.54, 1.807) is 30.7 Å². The normalized spacial score (nSPS) is 11.1. The molecule has 164 valence electrons. The number of benzene rings is 2. The second kappa shape index (κ2) is 8.88. The number of aromatic nitrogens is 4. The Bertz CT molecular complexity index is 1460. The number of rotatable bonds is 6. The molecule has 0 saturated heterocycles. The van der Waals surface area contributed by atoms with E-state index < -0.39 is 0 Å². The molecule has 33 heavy (non-hydrogen) atoms.